The van der Waals surface area contributed by atoms with Gasteiger partial charge in [0.15, 0.2) is 15.1 Å². The highest BCUT2D eigenvalue weighted by molar-refractivity contribution is 7.19. The maximum absolute atomic E-state index is 7.57. The first-order valence-corrected chi connectivity index (χ1v) is 11.1. The van der Waals surface area contributed by atoms with E-state index >= 15 is 0 Å². The van der Waals surface area contributed by atoms with Crippen molar-refractivity contribution < 1.29 is 0 Å². The Labute approximate surface area is 180 Å². The topological polar surface area (TPSA) is 58.1 Å². The smallest absolute Gasteiger partial charge is 0.248 e. The van der Waals surface area contributed by atoms with Gasteiger partial charge in [-0.3, -0.25) is 0 Å². The number of rotatable bonds is 6. The number of nitrogens with zero attached hydrogens (tertiary/aromatic N) is 6. The third-order valence-corrected chi connectivity index (χ3v) is 6.11. The Kier molecular flexibility index (Phi) is 6.40. The molecule has 6 nitrogen and oxygen atoms in total. The molecule has 0 bridgehead atoms. The second-order valence-electron chi connectivity index (χ2n) is 7.44. The lowest BCUT2D eigenvalue weighted by Gasteiger charge is -2.16. The van der Waals surface area contributed by atoms with Crippen LogP contribution in [-0.2, 0) is 5.41 Å². The quantitative estimate of drug-likeness (QED) is 0.306. The van der Waals surface area contributed by atoms with Gasteiger partial charge in [0.05, 0.1) is 12.3 Å². The molecule has 0 atom stereocenters. The van der Waals surface area contributed by atoms with E-state index in [4.69, 9.17) is 11.6 Å². The third-order valence-electron chi connectivity index (χ3n) is 4.38. The zero-order chi connectivity index (χ0) is 21.0. The van der Waals surface area contributed by atoms with Crippen molar-refractivity contribution in [1.29, 1.82) is 0 Å². The van der Waals surface area contributed by atoms with E-state index in [0.717, 1.165) is 40.2 Å². The van der Waals surface area contributed by atoms with E-state index in [2.05, 4.69) is 38.2 Å². The maximum atomic E-state index is 7.57. The van der Waals surface area contributed by atoms with E-state index < -0.39 is 0 Å². The normalized spacial score (nSPS) is 11.7. The zero-order valence-corrected chi connectivity index (χ0v) is 18.9. The minimum Gasteiger partial charge on any atom is -0.349 e. The Bertz CT molecular complexity index is 1030. The fraction of sp³-hybridized carbons (Fsp3) is 0.381. The summed E-state index contributed by atoms with van der Waals surface area (Å²) in [6, 6.07) is 10.0. The molecule has 0 radical (unpaired) electrons. The van der Waals surface area contributed by atoms with Crippen molar-refractivity contribution in [2.75, 3.05) is 18.0 Å². The molecule has 8 heteroatoms. The van der Waals surface area contributed by atoms with Crippen LogP contribution in [0.25, 0.3) is 16.1 Å². The van der Waals surface area contributed by atoms with Crippen molar-refractivity contribution >= 4 is 43.7 Å². The van der Waals surface area contributed by atoms with Crippen LogP contribution in [0.3, 0.4) is 0 Å². The van der Waals surface area contributed by atoms with Gasteiger partial charge in [0, 0.05) is 18.7 Å². The number of azo groups is 1. The molecule has 1 aromatic carbocycles. The van der Waals surface area contributed by atoms with E-state index in [1.807, 2.05) is 51.1 Å². The van der Waals surface area contributed by atoms with E-state index in [-0.39, 0.29) is 5.41 Å². The minimum absolute atomic E-state index is 0.209. The fourth-order valence-electron chi connectivity index (χ4n) is 2.81. The molecule has 29 heavy (non-hydrogen) atoms. The SMILES string of the molecule is [C-]#[N+]c1c(C(C)(C)C)nsc1N=Nc1sc(N(CC)CC)nc1-c1ccccc1. The Hall–Kier alpha value is -2.63. The molecule has 0 spiro atoms. The van der Waals surface area contributed by atoms with Crippen molar-refractivity contribution in [1.82, 2.24) is 9.36 Å². The van der Waals surface area contributed by atoms with Crippen LogP contribution >= 0.6 is 22.9 Å². The lowest BCUT2D eigenvalue weighted by Crippen LogP contribution is -2.21. The second-order valence-corrected chi connectivity index (χ2v) is 9.14. The molecule has 0 unspecified atom stereocenters. The second kappa shape index (κ2) is 8.80. The summed E-state index contributed by atoms with van der Waals surface area (Å²) < 4.78 is 4.46. The zero-order valence-electron chi connectivity index (χ0n) is 17.3. The van der Waals surface area contributed by atoms with Gasteiger partial charge in [-0.1, -0.05) is 62.4 Å². The monoisotopic (exact) mass is 424 g/mol. The highest BCUT2D eigenvalue weighted by atomic mass is 32.1. The van der Waals surface area contributed by atoms with Crippen LogP contribution < -0.4 is 4.90 Å². The van der Waals surface area contributed by atoms with Crippen molar-refractivity contribution in [3.05, 3.63) is 47.4 Å². The van der Waals surface area contributed by atoms with Gasteiger partial charge >= 0.3 is 0 Å². The van der Waals surface area contributed by atoms with Gasteiger partial charge in [-0.25, -0.2) is 14.2 Å². The molecular weight excluding hydrogens is 400 g/mol. The highest BCUT2D eigenvalue weighted by Crippen LogP contribution is 2.44. The van der Waals surface area contributed by atoms with Crippen LogP contribution in [0, 0.1) is 6.57 Å². The van der Waals surface area contributed by atoms with Crippen LogP contribution in [0.15, 0.2) is 40.6 Å². The lowest BCUT2D eigenvalue weighted by atomic mass is 9.91. The van der Waals surface area contributed by atoms with Gasteiger partial charge in [0.1, 0.15) is 5.69 Å². The molecule has 0 N–H and O–H groups in total. The van der Waals surface area contributed by atoms with Crippen molar-refractivity contribution in [3.8, 4) is 11.3 Å². The Morgan fingerprint density at radius 3 is 2.31 bits per heavy atom. The fourth-order valence-corrected chi connectivity index (χ4v) is 4.69. The van der Waals surface area contributed by atoms with Gasteiger partial charge in [-0.05, 0) is 30.8 Å². The Morgan fingerprint density at radius 2 is 1.72 bits per heavy atom. The van der Waals surface area contributed by atoms with Gasteiger partial charge in [0.25, 0.3) is 0 Å². The number of hydrogen-bond donors (Lipinski definition) is 0. The van der Waals surface area contributed by atoms with Crippen LogP contribution in [0.2, 0.25) is 0 Å². The van der Waals surface area contributed by atoms with Crippen molar-refractivity contribution in [3.63, 3.8) is 0 Å². The Balaban J connectivity index is 2.05. The molecule has 2 heterocycles. The number of aromatic nitrogens is 2. The number of hydrogen-bond acceptors (Lipinski definition) is 7. The predicted molar refractivity (Wildman–Crippen MR) is 122 cm³/mol. The molecule has 0 saturated heterocycles. The molecule has 3 rings (SSSR count). The summed E-state index contributed by atoms with van der Waals surface area (Å²) in [5, 5.41) is 11.1. The van der Waals surface area contributed by atoms with Crippen LogP contribution in [0.1, 0.15) is 40.3 Å². The molecule has 0 saturated carbocycles. The molecule has 0 amide bonds. The average molecular weight is 425 g/mol. The summed E-state index contributed by atoms with van der Waals surface area (Å²) in [7, 11) is 0. The van der Waals surface area contributed by atoms with Crippen LogP contribution in [0.4, 0.5) is 20.8 Å². The highest BCUT2D eigenvalue weighted by Gasteiger charge is 2.25. The number of thiazole rings is 1. The summed E-state index contributed by atoms with van der Waals surface area (Å²) in [6.45, 7) is 19.7. The first-order chi connectivity index (χ1) is 13.9. The lowest BCUT2D eigenvalue weighted by molar-refractivity contribution is 0.579. The summed E-state index contributed by atoms with van der Waals surface area (Å²) in [5.74, 6) is 0. The van der Waals surface area contributed by atoms with Crippen LogP contribution in [-0.4, -0.2) is 22.4 Å². The van der Waals surface area contributed by atoms with E-state index in [1.165, 1.54) is 22.9 Å². The summed E-state index contributed by atoms with van der Waals surface area (Å²) in [4.78, 5) is 10.7. The number of benzene rings is 1. The molecule has 0 fully saturated rings. The third kappa shape index (κ3) is 4.52. The minimum atomic E-state index is -0.209. The van der Waals surface area contributed by atoms with E-state index in [1.54, 1.807) is 0 Å². The molecular formula is C21H24N6S2. The molecule has 0 aliphatic rings. The maximum Gasteiger partial charge on any atom is 0.248 e. The summed E-state index contributed by atoms with van der Waals surface area (Å²) >= 11 is 2.74. The van der Waals surface area contributed by atoms with Gasteiger partial charge in [-0.2, -0.15) is 0 Å². The standard InChI is InChI=1S/C21H24N6S2/c1-7-27(8-2)20-23-15(14-12-10-9-11-13-14)18(28-20)24-25-19-16(22-6)17(26-29-19)21(3,4)5/h9-13H,7-8H2,1-5H3. The number of anilines is 1. The van der Waals surface area contributed by atoms with Gasteiger partial charge in [0.2, 0.25) is 5.69 Å². The Morgan fingerprint density at radius 1 is 1.07 bits per heavy atom. The van der Waals surface area contributed by atoms with Gasteiger partial charge in [-0.15, -0.1) is 10.2 Å². The van der Waals surface area contributed by atoms with Crippen LogP contribution in [0.5, 0.6) is 0 Å². The predicted octanol–water partition coefficient (Wildman–Crippen LogP) is 7.38. The average Bonchev–Trinajstić information content (AvgIpc) is 3.32. The van der Waals surface area contributed by atoms with E-state index in [0.29, 0.717) is 10.7 Å². The molecule has 0 aliphatic carbocycles. The van der Waals surface area contributed by atoms with Gasteiger partial charge < -0.3 is 4.90 Å². The first kappa shape index (κ1) is 21.1. The molecule has 150 valence electrons. The molecule has 2 aromatic heterocycles. The molecule has 3 aromatic rings. The van der Waals surface area contributed by atoms with Crippen molar-refractivity contribution in [2.24, 2.45) is 10.2 Å². The molecule has 0 aliphatic heterocycles. The largest absolute Gasteiger partial charge is 0.349 e. The first-order valence-electron chi connectivity index (χ1n) is 9.49. The van der Waals surface area contributed by atoms with Crippen molar-refractivity contribution in [2.45, 2.75) is 40.0 Å². The van der Waals surface area contributed by atoms with E-state index in [9.17, 15) is 0 Å². The summed E-state index contributed by atoms with van der Waals surface area (Å²) in [5.41, 5.74) is 2.86. The summed E-state index contributed by atoms with van der Waals surface area (Å²) in [6.07, 6.45) is 0.